The van der Waals surface area contributed by atoms with Crippen molar-refractivity contribution >= 4 is 34.8 Å². The van der Waals surface area contributed by atoms with Crippen LogP contribution in [0.5, 0.6) is 11.5 Å². The molecule has 2 aromatic rings. The molecule has 3 rings (SSSR count). The molecule has 1 heterocycles. The average Bonchev–Trinajstić information content (AvgIpc) is 2.81. The van der Waals surface area contributed by atoms with E-state index >= 15 is 0 Å². The molecule has 0 aliphatic carbocycles. The molecular weight excluding hydrogens is 463 g/mol. The number of likely N-dealkylation sites (tertiary alicyclic amines) is 1. The molecule has 33 heavy (non-hydrogen) atoms. The van der Waals surface area contributed by atoms with Gasteiger partial charge in [0.25, 0.3) is 0 Å². The standard InChI is InChI=1S/C25H30Cl2N2O4/c1-2-3-8-25(31)28-23-6-4-5-7-24(23)32-17-18(30)16-29-13-11-19(12-14-29)33-20-9-10-21(26)22(27)15-20/h3-10,15,18-19,30H,2,11-14,16-17H2,1H3,(H,28,31). The van der Waals surface area contributed by atoms with E-state index in [1.165, 1.54) is 6.08 Å². The van der Waals surface area contributed by atoms with Gasteiger partial charge in [-0.3, -0.25) is 4.79 Å². The molecule has 0 spiro atoms. The lowest BCUT2D eigenvalue weighted by atomic mass is 10.1. The Morgan fingerprint density at radius 2 is 1.97 bits per heavy atom. The van der Waals surface area contributed by atoms with E-state index in [9.17, 15) is 9.90 Å². The van der Waals surface area contributed by atoms with Crippen LogP contribution in [0, 0.1) is 0 Å². The van der Waals surface area contributed by atoms with E-state index in [0.29, 0.717) is 33.8 Å². The smallest absolute Gasteiger partial charge is 0.248 e. The molecule has 1 amide bonds. The molecule has 0 bridgehead atoms. The second-order valence-electron chi connectivity index (χ2n) is 7.95. The highest BCUT2D eigenvalue weighted by atomic mass is 35.5. The lowest BCUT2D eigenvalue weighted by Gasteiger charge is -2.33. The number of aliphatic hydroxyl groups is 1. The third kappa shape index (κ3) is 8.23. The number of nitrogens with one attached hydrogen (secondary N) is 1. The van der Waals surface area contributed by atoms with Gasteiger partial charge in [0.05, 0.1) is 15.7 Å². The largest absolute Gasteiger partial charge is 0.490 e. The third-order valence-electron chi connectivity index (χ3n) is 5.28. The Labute approximate surface area is 205 Å². The summed E-state index contributed by atoms with van der Waals surface area (Å²) in [4.78, 5) is 14.2. The van der Waals surface area contributed by atoms with Crippen LogP contribution in [0.3, 0.4) is 0 Å². The van der Waals surface area contributed by atoms with Crippen molar-refractivity contribution in [2.45, 2.75) is 38.4 Å². The number of carbonyl (C=O) groups is 1. The number of benzene rings is 2. The topological polar surface area (TPSA) is 71.0 Å². The Hall–Kier alpha value is -2.25. The van der Waals surface area contributed by atoms with Crippen LogP contribution < -0.4 is 14.8 Å². The molecule has 1 unspecified atom stereocenters. The van der Waals surface area contributed by atoms with Gasteiger partial charge in [-0.15, -0.1) is 0 Å². The number of anilines is 1. The van der Waals surface area contributed by atoms with Gasteiger partial charge < -0.3 is 24.8 Å². The molecule has 1 saturated heterocycles. The maximum absolute atomic E-state index is 12.0. The van der Waals surface area contributed by atoms with Gasteiger partial charge in [-0.25, -0.2) is 0 Å². The van der Waals surface area contributed by atoms with E-state index in [1.54, 1.807) is 30.3 Å². The van der Waals surface area contributed by atoms with Crippen LogP contribution >= 0.6 is 23.2 Å². The second-order valence-corrected chi connectivity index (χ2v) is 8.77. The first-order valence-corrected chi connectivity index (χ1v) is 11.9. The number of para-hydroxylation sites is 2. The highest BCUT2D eigenvalue weighted by Gasteiger charge is 2.23. The number of amides is 1. The number of hydrogen-bond acceptors (Lipinski definition) is 5. The highest BCUT2D eigenvalue weighted by Crippen LogP contribution is 2.28. The molecular formula is C25H30Cl2N2O4. The van der Waals surface area contributed by atoms with Gasteiger partial charge in [-0.2, -0.15) is 0 Å². The Morgan fingerprint density at radius 1 is 1.21 bits per heavy atom. The molecule has 1 fully saturated rings. The summed E-state index contributed by atoms with van der Waals surface area (Å²) in [5.74, 6) is 1.04. The van der Waals surface area contributed by atoms with Crippen LogP contribution in [-0.2, 0) is 4.79 Å². The second kappa shape index (κ2) is 12.8. The van der Waals surface area contributed by atoms with Crippen molar-refractivity contribution in [3.8, 4) is 11.5 Å². The highest BCUT2D eigenvalue weighted by molar-refractivity contribution is 6.42. The number of halogens is 2. The van der Waals surface area contributed by atoms with Crippen LogP contribution in [-0.4, -0.2) is 54.4 Å². The van der Waals surface area contributed by atoms with Gasteiger partial charge in [0.1, 0.15) is 30.3 Å². The summed E-state index contributed by atoms with van der Waals surface area (Å²) in [6, 6.07) is 12.5. The molecule has 0 saturated carbocycles. The summed E-state index contributed by atoms with van der Waals surface area (Å²) < 4.78 is 11.8. The zero-order valence-electron chi connectivity index (χ0n) is 18.7. The van der Waals surface area contributed by atoms with E-state index < -0.39 is 6.10 Å². The maximum atomic E-state index is 12.0. The number of hydrogen-bond donors (Lipinski definition) is 2. The van der Waals surface area contributed by atoms with Crippen molar-refractivity contribution < 1.29 is 19.4 Å². The van der Waals surface area contributed by atoms with Crippen LogP contribution in [0.1, 0.15) is 26.2 Å². The zero-order valence-corrected chi connectivity index (χ0v) is 20.2. The van der Waals surface area contributed by atoms with Crippen molar-refractivity contribution in [3.05, 3.63) is 64.7 Å². The molecule has 0 aromatic heterocycles. The summed E-state index contributed by atoms with van der Waals surface area (Å²) in [5.41, 5.74) is 0.579. The van der Waals surface area contributed by atoms with Crippen molar-refractivity contribution in [3.63, 3.8) is 0 Å². The molecule has 2 aromatic carbocycles. The fraction of sp³-hybridized carbons (Fsp3) is 0.400. The van der Waals surface area contributed by atoms with Gasteiger partial charge in [0.15, 0.2) is 0 Å². The minimum absolute atomic E-state index is 0.101. The number of rotatable bonds is 10. The van der Waals surface area contributed by atoms with Crippen LogP contribution in [0.15, 0.2) is 54.6 Å². The molecule has 1 atom stereocenters. The number of β-amino-alcohol motifs (C(OH)–C–C–N with tert-alkyl or cyclic N) is 1. The molecule has 8 heteroatoms. The fourth-order valence-electron chi connectivity index (χ4n) is 3.58. The summed E-state index contributed by atoms with van der Waals surface area (Å²) in [6.45, 7) is 4.25. The predicted octanol–water partition coefficient (Wildman–Crippen LogP) is 5.18. The van der Waals surface area contributed by atoms with E-state index in [-0.39, 0.29) is 18.6 Å². The van der Waals surface area contributed by atoms with E-state index in [1.807, 2.05) is 25.1 Å². The first-order chi connectivity index (χ1) is 15.9. The van der Waals surface area contributed by atoms with Gasteiger partial charge >= 0.3 is 0 Å². The van der Waals surface area contributed by atoms with E-state index in [0.717, 1.165) is 32.4 Å². The van der Waals surface area contributed by atoms with E-state index in [4.69, 9.17) is 32.7 Å². The number of aliphatic hydroxyl groups excluding tert-OH is 1. The maximum Gasteiger partial charge on any atom is 0.248 e. The SMILES string of the molecule is CCC=CC(=O)Nc1ccccc1OCC(O)CN1CCC(Oc2ccc(Cl)c(Cl)c2)CC1. The lowest BCUT2D eigenvalue weighted by molar-refractivity contribution is -0.111. The number of nitrogens with zero attached hydrogens (tertiary/aromatic N) is 1. The van der Waals surface area contributed by atoms with Crippen LogP contribution in [0.25, 0.3) is 0 Å². The predicted molar refractivity (Wildman–Crippen MR) is 133 cm³/mol. The van der Waals surface area contributed by atoms with Crippen LogP contribution in [0.2, 0.25) is 10.0 Å². The van der Waals surface area contributed by atoms with Crippen molar-refractivity contribution in [1.29, 1.82) is 0 Å². The zero-order chi connectivity index (χ0) is 23.6. The molecule has 1 aliphatic heterocycles. The fourth-order valence-corrected chi connectivity index (χ4v) is 3.87. The Kier molecular flexibility index (Phi) is 9.88. The van der Waals surface area contributed by atoms with Gasteiger partial charge in [0, 0.05) is 25.7 Å². The number of carbonyl (C=O) groups excluding carboxylic acids is 1. The average molecular weight is 493 g/mol. The third-order valence-corrected chi connectivity index (χ3v) is 6.02. The normalized spacial score (nSPS) is 16.0. The quantitative estimate of drug-likeness (QED) is 0.447. The Bertz CT molecular complexity index is 946. The van der Waals surface area contributed by atoms with Crippen molar-refractivity contribution in [2.24, 2.45) is 0 Å². The van der Waals surface area contributed by atoms with Crippen molar-refractivity contribution in [1.82, 2.24) is 4.90 Å². The minimum Gasteiger partial charge on any atom is -0.490 e. The lowest BCUT2D eigenvalue weighted by Crippen LogP contribution is -2.43. The Morgan fingerprint density at radius 3 is 2.70 bits per heavy atom. The summed E-state index contributed by atoms with van der Waals surface area (Å²) in [5, 5.41) is 14.3. The summed E-state index contributed by atoms with van der Waals surface area (Å²) in [6.07, 6.45) is 5.24. The molecule has 6 nitrogen and oxygen atoms in total. The molecule has 1 aliphatic rings. The molecule has 178 valence electrons. The minimum atomic E-state index is -0.652. The van der Waals surface area contributed by atoms with Crippen LogP contribution in [0.4, 0.5) is 5.69 Å². The Balaban J connectivity index is 1.42. The van der Waals surface area contributed by atoms with Crippen molar-refractivity contribution in [2.75, 3.05) is 31.6 Å². The van der Waals surface area contributed by atoms with Gasteiger partial charge in [-0.05, 0) is 49.6 Å². The van der Waals surface area contributed by atoms with Gasteiger partial charge in [0.2, 0.25) is 5.91 Å². The number of allylic oxidation sites excluding steroid dienone is 1. The molecule has 2 N–H and O–H groups in total. The number of ether oxygens (including phenoxy) is 2. The first kappa shape index (κ1) is 25.4. The molecule has 0 radical (unpaired) electrons. The van der Waals surface area contributed by atoms with E-state index in [2.05, 4.69) is 10.2 Å². The summed E-state index contributed by atoms with van der Waals surface area (Å²) in [7, 11) is 0. The van der Waals surface area contributed by atoms with Gasteiger partial charge in [-0.1, -0.05) is 48.3 Å². The summed E-state index contributed by atoms with van der Waals surface area (Å²) >= 11 is 12.0. The number of piperidine rings is 1. The monoisotopic (exact) mass is 492 g/mol. The first-order valence-electron chi connectivity index (χ1n) is 11.2.